The van der Waals surface area contributed by atoms with Gasteiger partial charge in [0.05, 0.1) is 6.42 Å². The highest BCUT2D eigenvalue weighted by atomic mass is 16.2. The monoisotopic (exact) mass is 333 g/mol. The van der Waals surface area contributed by atoms with Crippen molar-refractivity contribution in [3.05, 3.63) is 30.8 Å². The number of amides is 3. The normalized spacial score (nSPS) is 13.7. The second-order valence-electron chi connectivity index (χ2n) is 6.76. The summed E-state index contributed by atoms with van der Waals surface area (Å²) >= 11 is 0. The molecule has 0 bridgehead atoms. The minimum absolute atomic E-state index is 0.222. The van der Waals surface area contributed by atoms with E-state index in [1.165, 1.54) is 6.42 Å². The zero-order valence-electron chi connectivity index (χ0n) is 14.5. The molecule has 7 heteroatoms. The molecule has 0 spiro atoms. The molecule has 131 valence electrons. The zero-order chi connectivity index (χ0) is 18.3. The highest BCUT2D eigenvalue weighted by Crippen LogP contribution is 2.21. The Bertz CT molecular complexity index is 581. The Balaban J connectivity index is 2.70. The summed E-state index contributed by atoms with van der Waals surface area (Å²) in [4.78, 5) is 39.6. The first-order valence-corrected chi connectivity index (χ1v) is 7.76. The van der Waals surface area contributed by atoms with Crippen LogP contribution in [-0.4, -0.2) is 28.7 Å². The molecular weight excluding hydrogens is 308 g/mol. The fraction of sp³-hybridized carbons (Fsp3) is 0.471. The number of rotatable bonds is 7. The van der Waals surface area contributed by atoms with Crippen molar-refractivity contribution in [1.82, 2.24) is 10.3 Å². The third-order valence-corrected chi connectivity index (χ3v) is 3.47. The standard InChI is InChI=1S/C17H25N4O3/c1-11(15(18)23)8-9-13(22)21-14(17(2,3)4)16(24)20-12-7-5-6-10-19-12/h5-7,9-11,14H,8H2,1-4H3,(H2,18,23)(H,21,22)(H,19,20,24)/t11-,14+/m0/s1. The Morgan fingerprint density at radius 3 is 2.46 bits per heavy atom. The Hall–Kier alpha value is -2.44. The van der Waals surface area contributed by atoms with Crippen LogP contribution in [-0.2, 0) is 14.4 Å². The van der Waals surface area contributed by atoms with E-state index in [0.29, 0.717) is 5.82 Å². The number of nitrogens with two attached hydrogens (primary N) is 1. The van der Waals surface area contributed by atoms with Gasteiger partial charge in [-0.1, -0.05) is 33.8 Å². The van der Waals surface area contributed by atoms with E-state index in [0.717, 1.165) is 0 Å². The first-order chi connectivity index (χ1) is 11.1. The van der Waals surface area contributed by atoms with Crippen LogP contribution < -0.4 is 16.4 Å². The first kappa shape index (κ1) is 19.6. The molecule has 1 rings (SSSR count). The predicted molar refractivity (Wildman–Crippen MR) is 91.5 cm³/mol. The maximum absolute atomic E-state index is 12.5. The molecule has 7 nitrogen and oxygen atoms in total. The van der Waals surface area contributed by atoms with E-state index >= 15 is 0 Å². The van der Waals surface area contributed by atoms with Crippen LogP contribution in [0.25, 0.3) is 0 Å². The summed E-state index contributed by atoms with van der Waals surface area (Å²) in [6, 6.07) is 4.41. The zero-order valence-corrected chi connectivity index (χ0v) is 14.5. The molecule has 0 saturated carbocycles. The highest BCUT2D eigenvalue weighted by molar-refractivity contribution is 5.98. The largest absolute Gasteiger partial charge is 0.369 e. The van der Waals surface area contributed by atoms with Gasteiger partial charge in [-0.2, -0.15) is 0 Å². The maximum Gasteiger partial charge on any atom is 0.248 e. The fourth-order valence-electron chi connectivity index (χ4n) is 1.91. The first-order valence-electron chi connectivity index (χ1n) is 7.76. The number of pyridine rings is 1. The molecule has 0 aliphatic heterocycles. The molecule has 3 amide bonds. The van der Waals surface area contributed by atoms with E-state index in [9.17, 15) is 14.4 Å². The number of nitrogens with zero attached hydrogens (tertiary/aromatic N) is 1. The molecule has 0 aromatic carbocycles. The lowest BCUT2D eigenvalue weighted by Gasteiger charge is -2.30. The number of hydrogen-bond acceptors (Lipinski definition) is 4. The van der Waals surface area contributed by atoms with Gasteiger partial charge in [0.15, 0.2) is 0 Å². The SMILES string of the molecule is C[C@@H](C[CH]C(=O)N[C@H](C(=O)Nc1ccccn1)C(C)(C)C)C(N)=O. The molecule has 0 saturated heterocycles. The summed E-state index contributed by atoms with van der Waals surface area (Å²) < 4.78 is 0. The van der Waals surface area contributed by atoms with Gasteiger partial charge in [-0.25, -0.2) is 4.98 Å². The number of anilines is 1. The molecule has 1 radical (unpaired) electrons. The Morgan fingerprint density at radius 2 is 1.96 bits per heavy atom. The molecule has 0 unspecified atom stereocenters. The van der Waals surface area contributed by atoms with Gasteiger partial charge in [0.2, 0.25) is 17.7 Å². The number of carbonyl (C=O) groups is 3. The molecule has 1 heterocycles. The summed E-state index contributed by atoms with van der Waals surface area (Å²) in [6.45, 7) is 7.19. The van der Waals surface area contributed by atoms with Crippen molar-refractivity contribution in [3.8, 4) is 0 Å². The molecule has 0 aliphatic carbocycles. The molecule has 0 fully saturated rings. The second-order valence-corrected chi connectivity index (χ2v) is 6.76. The number of aromatic nitrogens is 1. The van der Waals surface area contributed by atoms with E-state index in [2.05, 4.69) is 15.6 Å². The van der Waals surface area contributed by atoms with Crippen LogP contribution in [0.5, 0.6) is 0 Å². The van der Waals surface area contributed by atoms with Gasteiger partial charge in [0, 0.05) is 12.1 Å². The van der Waals surface area contributed by atoms with Gasteiger partial charge in [-0.3, -0.25) is 14.4 Å². The van der Waals surface area contributed by atoms with Crippen LogP contribution in [0.1, 0.15) is 34.1 Å². The Labute approximate surface area is 142 Å². The van der Waals surface area contributed by atoms with Gasteiger partial charge >= 0.3 is 0 Å². The van der Waals surface area contributed by atoms with Crippen molar-refractivity contribution < 1.29 is 14.4 Å². The lowest BCUT2D eigenvalue weighted by Crippen LogP contribution is -2.51. The average Bonchev–Trinajstić information content (AvgIpc) is 2.49. The van der Waals surface area contributed by atoms with Gasteiger partial charge in [-0.15, -0.1) is 0 Å². The molecule has 24 heavy (non-hydrogen) atoms. The van der Waals surface area contributed by atoms with Gasteiger partial charge in [0.1, 0.15) is 11.9 Å². The van der Waals surface area contributed by atoms with Crippen LogP contribution in [0.4, 0.5) is 5.82 Å². The quantitative estimate of drug-likeness (QED) is 0.697. The molecule has 2 atom stereocenters. The van der Waals surface area contributed by atoms with Crippen LogP contribution in [0.3, 0.4) is 0 Å². The summed E-state index contributed by atoms with van der Waals surface area (Å²) in [6.07, 6.45) is 3.13. The highest BCUT2D eigenvalue weighted by Gasteiger charge is 2.33. The number of hydrogen-bond donors (Lipinski definition) is 3. The molecule has 1 aromatic rings. The van der Waals surface area contributed by atoms with E-state index in [1.807, 2.05) is 20.8 Å². The number of carbonyl (C=O) groups excluding carboxylic acids is 3. The molecule has 0 aliphatic rings. The van der Waals surface area contributed by atoms with Crippen LogP contribution in [0.2, 0.25) is 0 Å². The topological polar surface area (TPSA) is 114 Å². The van der Waals surface area contributed by atoms with Crippen molar-refractivity contribution in [2.75, 3.05) is 5.32 Å². The average molecular weight is 333 g/mol. The van der Waals surface area contributed by atoms with Crippen molar-refractivity contribution >= 4 is 23.5 Å². The summed E-state index contributed by atoms with van der Waals surface area (Å²) in [5, 5.41) is 5.37. The minimum Gasteiger partial charge on any atom is -0.369 e. The number of nitrogens with one attached hydrogen (secondary N) is 2. The lowest BCUT2D eigenvalue weighted by atomic mass is 9.86. The van der Waals surface area contributed by atoms with Crippen LogP contribution >= 0.6 is 0 Å². The van der Waals surface area contributed by atoms with Crippen molar-refractivity contribution in [2.45, 2.75) is 40.2 Å². The smallest absolute Gasteiger partial charge is 0.248 e. The maximum atomic E-state index is 12.5. The van der Waals surface area contributed by atoms with Gasteiger partial charge in [-0.05, 0) is 24.0 Å². The van der Waals surface area contributed by atoms with Crippen LogP contribution in [0, 0.1) is 17.8 Å². The van der Waals surface area contributed by atoms with E-state index < -0.39 is 29.2 Å². The van der Waals surface area contributed by atoms with Crippen molar-refractivity contribution in [3.63, 3.8) is 0 Å². The van der Waals surface area contributed by atoms with E-state index in [1.54, 1.807) is 31.3 Å². The minimum atomic E-state index is -0.757. The summed E-state index contributed by atoms with van der Waals surface area (Å²) in [5.74, 6) is -1.27. The van der Waals surface area contributed by atoms with Crippen molar-refractivity contribution in [2.24, 2.45) is 17.1 Å². The van der Waals surface area contributed by atoms with Gasteiger partial charge < -0.3 is 16.4 Å². The third kappa shape index (κ3) is 6.36. The molecule has 1 aromatic heterocycles. The Kier molecular flexibility index (Phi) is 6.88. The lowest BCUT2D eigenvalue weighted by molar-refractivity contribution is -0.127. The molecule has 4 N–H and O–H groups in total. The van der Waals surface area contributed by atoms with Crippen molar-refractivity contribution in [1.29, 1.82) is 0 Å². The third-order valence-electron chi connectivity index (χ3n) is 3.47. The number of primary amides is 1. The fourth-order valence-corrected chi connectivity index (χ4v) is 1.91. The predicted octanol–water partition coefficient (Wildman–Crippen LogP) is 1.27. The molecular formula is C17H25N4O3. The van der Waals surface area contributed by atoms with E-state index in [4.69, 9.17) is 5.73 Å². The van der Waals surface area contributed by atoms with Gasteiger partial charge in [0.25, 0.3) is 0 Å². The van der Waals surface area contributed by atoms with Crippen LogP contribution in [0.15, 0.2) is 24.4 Å². The summed E-state index contributed by atoms with van der Waals surface area (Å²) in [5.41, 5.74) is 4.66. The van der Waals surface area contributed by atoms with E-state index in [-0.39, 0.29) is 12.3 Å². The summed E-state index contributed by atoms with van der Waals surface area (Å²) in [7, 11) is 0. The Morgan fingerprint density at radius 1 is 1.29 bits per heavy atom. The second kappa shape index (κ2) is 8.42.